The summed E-state index contributed by atoms with van der Waals surface area (Å²) in [6.45, 7) is 6.26. The number of aliphatic hydroxyl groups is 2. The van der Waals surface area contributed by atoms with Crippen LogP contribution in [0.4, 0.5) is 11.6 Å². The maximum absolute atomic E-state index is 10.1. The highest BCUT2D eigenvalue weighted by molar-refractivity contribution is 7.04. The van der Waals surface area contributed by atoms with Crippen LogP contribution in [0.25, 0.3) is 51.1 Å². The molecule has 0 amide bonds. The van der Waals surface area contributed by atoms with Gasteiger partial charge in [0.1, 0.15) is 54.3 Å². The number of anilines is 2. The molecule has 9 rings (SSSR count). The molecule has 71 heavy (non-hydrogen) atoms. The Morgan fingerprint density at radius 2 is 1.34 bits per heavy atom. The zero-order chi connectivity index (χ0) is 49.7. The van der Waals surface area contributed by atoms with E-state index in [0.717, 1.165) is 109 Å². The van der Waals surface area contributed by atoms with E-state index in [1.807, 2.05) is 71.4 Å². The molecule has 2 aromatic carbocycles. The van der Waals surface area contributed by atoms with Crippen molar-refractivity contribution in [1.29, 1.82) is 0 Å². The van der Waals surface area contributed by atoms with E-state index in [2.05, 4.69) is 48.9 Å². The van der Waals surface area contributed by atoms with Crippen molar-refractivity contribution >= 4 is 28.8 Å². The van der Waals surface area contributed by atoms with Gasteiger partial charge in [0.15, 0.2) is 17.3 Å². The molecule has 0 bridgehead atoms. The average Bonchev–Trinajstić information content (AvgIpc) is 4.06. The number of aromatic nitrogens is 8. The fourth-order valence-electron chi connectivity index (χ4n) is 8.45. The van der Waals surface area contributed by atoms with Crippen LogP contribution in [0.5, 0.6) is 17.2 Å². The van der Waals surface area contributed by atoms with Crippen LogP contribution in [0, 0.1) is 6.92 Å². The van der Waals surface area contributed by atoms with Gasteiger partial charge in [0.25, 0.3) is 0 Å². The largest absolute Gasteiger partial charge is 0.497 e. The monoisotopic (exact) mass is 988 g/mol. The number of nitrogens with one attached hydrogen (secondary N) is 2. The van der Waals surface area contributed by atoms with E-state index in [0.29, 0.717) is 54.1 Å². The Bertz CT molecular complexity index is 2800. The SMILES string of the molecule is CNCC(O)COc1cc(OC)cc(-c2nc(-c3cnc4cnccn34)cc(N(C)C3CCOCC3)n2)c1.CNCC(O)COc1cccc(-c2nc(-c3csnc3C)cc(N(C)C3CCOCC3)n2)c1. The average molecular weight is 989 g/mol. The van der Waals surface area contributed by atoms with Crippen molar-refractivity contribution in [3.05, 3.63) is 90.5 Å². The van der Waals surface area contributed by atoms with Crippen molar-refractivity contribution in [2.45, 2.75) is 56.9 Å². The molecule has 20 heteroatoms. The molecule has 2 unspecified atom stereocenters. The van der Waals surface area contributed by atoms with Crippen LogP contribution in [0.2, 0.25) is 0 Å². The summed E-state index contributed by atoms with van der Waals surface area (Å²) < 4.78 is 34.7. The molecular formula is C51H64N12O7S. The van der Waals surface area contributed by atoms with E-state index in [9.17, 15) is 10.2 Å². The summed E-state index contributed by atoms with van der Waals surface area (Å²) >= 11 is 1.43. The van der Waals surface area contributed by atoms with Crippen molar-refractivity contribution in [2.75, 3.05) is 97.8 Å². The van der Waals surface area contributed by atoms with Crippen LogP contribution in [-0.4, -0.2) is 161 Å². The number of fused-ring (bicyclic) bond motifs is 1. The van der Waals surface area contributed by atoms with Gasteiger partial charge in [-0.2, -0.15) is 4.37 Å². The summed E-state index contributed by atoms with van der Waals surface area (Å²) in [6.07, 6.45) is 9.70. The number of imidazole rings is 1. The number of aliphatic hydroxyl groups excluding tert-OH is 2. The molecule has 19 nitrogen and oxygen atoms in total. The summed E-state index contributed by atoms with van der Waals surface area (Å²) in [6, 6.07) is 17.9. The van der Waals surface area contributed by atoms with Crippen LogP contribution in [0.3, 0.4) is 0 Å². The molecule has 2 fully saturated rings. The minimum absolute atomic E-state index is 0.141. The molecule has 4 N–H and O–H groups in total. The van der Waals surface area contributed by atoms with E-state index in [1.165, 1.54) is 11.5 Å². The molecule has 0 saturated carbocycles. The highest BCUT2D eigenvalue weighted by atomic mass is 32.1. The Morgan fingerprint density at radius 3 is 1.96 bits per heavy atom. The highest BCUT2D eigenvalue weighted by Gasteiger charge is 2.24. The predicted molar refractivity (Wildman–Crippen MR) is 275 cm³/mol. The number of likely N-dealkylation sites (N-methyl/N-ethyl adjacent to an activating group) is 2. The molecule has 7 heterocycles. The second kappa shape index (κ2) is 24.6. The van der Waals surface area contributed by atoms with Gasteiger partial charge < -0.3 is 54.3 Å². The lowest BCUT2D eigenvalue weighted by Crippen LogP contribution is -2.37. The first-order valence-corrected chi connectivity index (χ1v) is 24.7. The Balaban J connectivity index is 0.000000192. The minimum Gasteiger partial charge on any atom is -0.497 e. The first-order valence-electron chi connectivity index (χ1n) is 23.9. The summed E-state index contributed by atoms with van der Waals surface area (Å²) in [5, 5.41) is 28.0. The molecule has 2 aliphatic heterocycles. The number of rotatable bonds is 19. The van der Waals surface area contributed by atoms with Gasteiger partial charge in [-0.1, -0.05) is 12.1 Å². The second-order valence-corrected chi connectivity index (χ2v) is 18.1. The highest BCUT2D eigenvalue weighted by Crippen LogP contribution is 2.34. The zero-order valence-corrected chi connectivity index (χ0v) is 42.0. The number of ether oxygens (including phenoxy) is 5. The molecule has 376 valence electrons. The van der Waals surface area contributed by atoms with Crippen LogP contribution >= 0.6 is 11.5 Å². The Morgan fingerprint density at radius 1 is 0.746 bits per heavy atom. The van der Waals surface area contributed by atoms with Crippen molar-refractivity contribution in [2.24, 2.45) is 0 Å². The summed E-state index contributed by atoms with van der Waals surface area (Å²) in [7, 11) is 9.34. The van der Waals surface area contributed by atoms with Gasteiger partial charge in [-0.05, 0) is 82.5 Å². The van der Waals surface area contributed by atoms with Gasteiger partial charge in [0.2, 0.25) is 0 Å². The van der Waals surface area contributed by atoms with Crippen molar-refractivity contribution in [3.63, 3.8) is 0 Å². The van der Waals surface area contributed by atoms with E-state index >= 15 is 0 Å². The summed E-state index contributed by atoms with van der Waals surface area (Å²) in [5.41, 5.74) is 6.74. The van der Waals surface area contributed by atoms with Gasteiger partial charge in [0, 0.05) is 118 Å². The van der Waals surface area contributed by atoms with E-state index < -0.39 is 12.2 Å². The van der Waals surface area contributed by atoms with Gasteiger partial charge in [-0.3, -0.25) is 9.38 Å². The summed E-state index contributed by atoms with van der Waals surface area (Å²) in [4.78, 5) is 32.9. The molecule has 2 saturated heterocycles. The maximum Gasteiger partial charge on any atom is 0.162 e. The number of methoxy groups -OCH3 is 1. The number of aryl methyl sites for hydroxylation is 1. The lowest BCUT2D eigenvalue weighted by atomic mass is 10.1. The third-order valence-corrected chi connectivity index (χ3v) is 13.2. The second-order valence-electron chi connectivity index (χ2n) is 17.5. The molecular weight excluding hydrogens is 925 g/mol. The van der Waals surface area contributed by atoms with Gasteiger partial charge in [-0.15, -0.1) is 0 Å². The number of benzene rings is 2. The van der Waals surface area contributed by atoms with Crippen molar-refractivity contribution in [3.8, 4) is 62.7 Å². The Kier molecular flexibility index (Phi) is 17.7. The molecule has 5 aromatic heterocycles. The number of nitrogens with zero attached hydrogens (tertiary/aromatic N) is 10. The first-order chi connectivity index (χ1) is 34.6. The lowest BCUT2D eigenvalue weighted by molar-refractivity contribution is 0.0852. The smallest absolute Gasteiger partial charge is 0.162 e. The fourth-order valence-corrected chi connectivity index (χ4v) is 9.15. The van der Waals surface area contributed by atoms with Crippen LogP contribution in [0.15, 0.2) is 84.8 Å². The van der Waals surface area contributed by atoms with E-state index in [4.69, 9.17) is 43.6 Å². The van der Waals surface area contributed by atoms with Gasteiger partial charge in [-0.25, -0.2) is 24.9 Å². The molecule has 7 aromatic rings. The van der Waals surface area contributed by atoms with E-state index in [-0.39, 0.29) is 13.2 Å². The number of hydrogen-bond donors (Lipinski definition) is 4. The lowest BCUT2D eigenvalue weighted by Gasteiger charge is -2.32. The van der Waals surface area contributed by atoms with Crippen LogP contribution in [0.1, 0.15) is 31.4 Å². The van der Waals surface area contributed by atoms with Crippen LogP contribution in [-0.2, 0) is 9.47 Å². The maximum atomic E-state index is 10.1. The molecule has 0 spiro atoms. The molecule has 0 radical (unpaired) electrons. The Labute approximate surface area is 418 Å². The Hall–Kier alpha value is -6.39. The fraction of sp³-hybridized carbons (Fsp3) is 0.431. The van der Waals surface area contributed by atoms with Crippen molar-refractivity contribution in [1.82, 2.24) is 49.3 Å². The quantitative estimate of drug-likeness (QED) is 0.0778. The number of hydrogen-bond acceptors (Lipinski definition) is 19. The van der Waals surface area contributed by atoms with Crippen molar-refractivity contribution < 1.29 is 33.9 Å². The normalized spacial score (nSPS) is 15.2. The predicted octanol–water partition coefficient (Wildman–Crippen LogP) is 5.59. The molecule has 2 atom stereocenters. The van der Waals surface area contributed by atoms with E-state index in [1.54, 1.807) is 45.9 Å². The first kappa shape index (κ1) is 51.0. The minimum atomic E-state index is -0.640. The zero-order valence-electron chi connectivity index (χ0n) is 41.2. The summed E-state index contributed by atoms with van der Waals surface area (Å²) in [5.74, 6) is 4.68. The van der Waals surface area contributed by atoms with Crippen LogP contribution < -0.4 is 34.6 Å². The van der Waals surface area contributed by atoms with Gasteiger partial charge in [0.05, 0.1) is 42.3 Å². The van der Waals surface area contributed by atoms with Gasteiger partial charge >= 0.3 is 0 Å². The molecule has 0 aliphatic carbocycles. The third kappa shape index (κ3) is 13.1. The topological polar surface area (TPSA) is 212 Å². The standard InChI is InChI=1S/C27H33N7O4.C24H31N5O3S/c1-28-14-20(35)17-38-22-11-18(10-21(12-22)36-3)27-31-23(24-15-30-26-16-29-6-7-34(24)26)13-25(32-27)33(2)19-4-8-37-9-5-19;1-16-21(15-33-28-16)22-12-23(29(3)18-7-9-31-10-8-18)27-24(26-22)17-5-4-6-20(11-17)32-14-19(30)13-25-2/h6-7,10-13,15-16,19-20,28,35H,4-5,8-9,14,17H2,1-3H3;4-6,11-12,15,18-19,25,30H,7-10,13-14H2,1-3H3. The molecule has 2 aliphatic rings. The third-order valence-electron chi connectivity index (χ3n) is 12.5.